The van der Waals surface area contributed by atoms with Gasteiger partial charge in [0.1, 0.15) is 12.7 Å². The smallest absolute Gasteiger partial charge is 0.378 e. The summed E-state index contributed by atoms with van der Waals surface area (Å²) in [5, 5.41) is 28.2. The molecule has 0 aromatic heterocycles. The Labute approximate surface area is 180 Å². The normalized spacial score (nSPS) is 18.4. The number of aliphatic hydroxyl groups excluding tert-OH is 3. The SMILES string of the molecule is CCCCCCCCCCCCCOC1=C(OOCC(C)O)[C@@H]([C@@H](O)CO)OC1=O. The molecule has 0 radical (unpaired) electrons. The van der Waals surface area contributed by atoms with Crippen LogP contribution in [-0.2, 0) is 24.0 Å². The van der Waals surface area contributed by atoms with E-state index in [-0.39, 0.29) is 18.1 Å². The molecule has 1 rings (SSSR count). The van der Waals surface area contributed by atoms with E-state index in [1.807, 2.05) is 0 Å². The van der Waals surface area contributed by atoms with Crippen LogP contribution >= 0.6 is 0 Å². The summed E-state index contributed by atoms with van der Waals surface area (Å²) < 4.78 is 10.6. The van der Waals surface area contributed by atoms with Gasteiger partial charge in [-0.2, -0.15) is 4.89 Å². The largest absolute Gasteiger partial charge is 0.484 e. The van der Waals surface area contributed by atoms with E-state index < -0.39 is 30.9 Å². The van der Waals surface area contributed by atoms with Crippen molar-refractivity contribution >= 4 is 5.97 Å². The third kappa shape index (κ3) is 10.6. The average molecular weight is 433 g/mol. The molecule has 0 spiro atoms. The molecule has 0 fully saturated rings. The lowest BCUT2D eigenvalue weighted by Crippen LogP contribution is -2.32. The number of esters is 1. The highest BCUT2D eigenvalue weighted by atomic mass is 17.2. The fourth-order valence-corrected chi connectivity index (χ4v) is 3.15. The number of rotatable bonds is 19. The minimum atomic E-state index is -1.36. The first-order valence-electron chi connectivity index (χ1n) is 11.4. The number of carbonyl (C=O) groups excluding carboxylic acids is 1. The van der Waals surface area contributed by atoms with Crippen molar-refractivity contribution in [2.75, 3.05) is 19.8 Å². The molecular weight excluding hydrogens is 392 g/mol. The van der Waals surface area contributed by atoms with Crippen molar-refractivity contribution in [3.63, 3.8) is 0 Å². The molecule has 8 nitrogen and oxygen atoms in total. The van der Waals surface area contributed by atoms with Crippen LogP contribution in [0.4, 0.5) is 0 Å². The molecular formula is C22H40O8. The Balaban J connectivity index is 2.30. The van der Waals surface area contributed by atoms with Gasteiger partial charge in [-0.3, -0.25) is 0 Å². The zero-order chi connectivity index (χ0) is 22.2. The average Bonchev–Trinajstić information content (AvgIpc) is 3.03. The van der Waals surface area contributed by atoms with E-state index in [9.17, 15) is 15.0 Å². The number of ether oxygens (including phenoxy) is 2. The van der Waals surface area contributed by atoms with Crippen molar-refractivity contribution < 1.29 is 39.4 Å². The number of unbranched alkanes of at least 4 members (excludes halogenated alkanes) is 10. The van der Waals surface area contributed by atoms with Gasteiger partial charge in [0.2, 0.25) is 5.76 Å². The van der Waals surface area contributed by atoms with Crippen molar-refractivity contribution in [3.05, 3.63) is 11.5 Å². The Morgan fingerprint density at radius 1 is 0.967 bits per heavy atom. The van der Waals surface area contributed by atoms with E-state index in [0.29, 0.717) is 6.61 Å². The minimum absolute atomic E-state index is 0.120. The van der Waals surface area contributed by atoms with Gasteiger partial charge in [-0.15, -0.1) is 0 Å². The minimum Gasteiger partial charge on any atom is -0.484 e. The fourth-order valence-electron chi connectivity index (χ4n) is 3.15. The van der Waals surface area contributed by atoms with E-state index in [1.54, 1.807) is 0 Å². The number of hydrogen-bond acceptors (Lipinski definition) is 8. The zero-order valence-corrected chi connectivity index (χ0v) is 18.5. The summed E-state index contributed by atoms with van der Waals surface area (Å²) in [5.41, 5.74) is 0. The first kappa shape index (κ1) is 26.7. The van der Waals surface area contributed by atoms with E-state index >= 15 is 0 Å². The topological polar surface area (TPSA) is 115 Å². The lowest BCUT2D eigenvalue weighted by Gasteiger charge is -2.17. The molecule has 3 atom stereocenters. The zero-order valence-electron chi connectivity index (χ0n) is 18.5. The highest BCUT2D eigenvalue weighted by Crippen LogP contribution is 2.28. The quantitative estimate of drug-likeness (QED) is 0.123. The number of aliphatic hydroxyl groups is 3. The molecule has 0 aromatic carbocycles. The monoisotopic (exact) mass is 432 g/mol. The number of hydrogen-bond donors (Lipinski definition) is 3. The molecule has 1 unspecified atom stereocenters. The van der Waals surface area contributed by atoms with Crippen LogP contribution in [0.1, 0.15) is 84.5 Å². The van der Waals surface area contributed by atoms with Crippen molar-refractivity contribution in [1.29, 1.82) is 0 Å². The number of carbonyl (C=O) groups is 1. The molecule has 1 aliphatic rings. The van der Waals surface area contributed by atoms with E-state index in [1.165, 1.54) is 58.3 Å². The van der Waals surface area contributed by atoms with Crippen LogP contribution in [0.15, 0.2) is 11.5 Å². The number of cyclic esters (lactones) is 1. The van der Waals surface area contributed by atoms with Crippen LogP contribution in [-0.4, -0.2) is 59.4 Å². The molecule has 0 aliphatic carbocycles. The Hall–Kier alpha value is -1.35. The van der Waals surface area contributed by atoms with Gasteiger partial charge in [0, 0.05) is 0 Å². The third-order valence-corrected chi connectivity index (χ3v) is 4.89. The van der Waals surface area contributed by atoms with Crippen LogP contribution in [0, 0.1) is 0 Å². The van der Waals surface area contributed by atoms with E-state index in [4.69, 9.17) is 24.4 Å². The first-order chi connectivity index (χ1) is 14.5. The maximum Gasteiger partial charge on any atom is 0.378 e. The third-order valence-electron chi connectivity index (χ3n) is 4.89. The predicted molar refractivity (Wildman–Crippen MR) is 111 cm³/mol. The summed E-state index contributed by atoms with van der Waals surface area (Å²) in [6, 6.07) is 0. The van der Waals surface area contributed by atoms with Crippen LogP contribution < -0.4 is 0 Å². The second kappa shape index (κ2) is 16.4. The summed E-state index contributed by atoms with van der Waals surface area (Å²) in [6.07, 6.45) is 9.92. The second-order valence-electron chi connectivity index (χ2n) is 7.87. The highest BCUT2D eigenvalue weighted by Gasteiger charge is 2.43. The van der Waals surface area contributed by atoms with E-state index in [0.717, 1.165) is 19.3 Å². The molecule has 0 aromatic rings. The van der Waals surface area contributed by atoms with Gasteiger partial charge in [-0.1, -0.05) is 71.1 Å². The van der Waals surface area contributed by atoms with Gasteiger partial charge in [0.25, 0.3) is 5.76 Å². The molecule has 1 heterocycles. The summed E-state index contributed by atoms with van der Waals surface area (Å²) in [7, 11) is 0. The van der Waals surface area contributed by atoms with Crippen molar-refractivity contribution in [2.24, 2.45) is 0 Å². The summed E-state index contributed by atoms with van der Waals surface area (Å²) >= 11 is 0. The molecule has 176 valence electrons. The van der Waals surface area contributed by atoms with Crippen molar-refractivity contribution in [1.82, 2.24) is 0 Å². The van der Waals surface area contributed by atoms with Gasteiger partial charge in [-0.05, 0) is 13.3 Å². The van der Waals surface area contributed by atoms with Crippen LogP contribution in [0.2, 0.25) is 0 Å². The Bertz CT molecular complexity index is 492. The van der Waals surface area contributed by atoms with E-state index in [2.05, 4.69) is 6.92 Å². The molecule has 0 amide bonds. The molecule has 30 heavy (non-hydrogen) atoms. The summed E-state index contributed by atoms with van der Waals surface area (Å²) in [4.78, 5) is 22.0. The molecule has 8 heteroatoms. The lowest BCUT2D eigenvalue weighted by atomic mass is 10.1. The molecule has 1 aliphatic heterocycles. The van der Waals surface area contributed by atoms with Gasteiger partial charge in [0.15, 0.2) is 6.10 Å². The van der Waals surface area contributed by atoms with Crippen LogP contribution in [0.25, 0.3) is 0 Å². The second-order valence-corrected chi connectivity index (χ2v) is 7.87. The highest BCUT2D eigenvalue weighted by molar-refractivity contribution is 5.89. The van der Waals surface area contributed by atoms with Crippen molar-refractivity contribution in [3.8, 4) is 0 Å². The molecule has 3 N–H and O–H groups in total. The van der Waals surface area contributed by atoms with Gasteiger partial charge in [0.05, 0.1) is 19.3 Å². The first-order valence-corrected chi connectivity index (χ1v) is 11.4. The van der Waals surface area contributed by atoms with Crippen LogP contribution in [0.5, 0.6) is 0 Å². The van der Waals surface area contributed by atoms with Crippen molar-refractivity contribution in [2.45, 2.75) is 103 Å². The Morgan fingerprint density at radius 3 is 2.07 bits per heavy atom. The summed E-state index contributed by atoms with van der Waals surface area (Å²) in [5.74, 6) is -1.05. The maximum absolute atomic E-state index is 12.1. The fraction of sp³-hybridized carbons (Fsp3) is 0.864. The van der Waals surface area contributed by atoms with Gasteiger partial charge >= 0.3 is 5.97 Å². The Morgan fingerprint density at radius 2 is 1.53 bits per heavy atom. The van der Waals surface area contributed by atoms with Gasteiger partial charge < -0.3 is 29.7 Å². The van der Waals surface area contributed by atoms with Crippen LogP contribution in [0.3, 0.4) is 0 Å². The predicted octanol–water partition coefficient (Wildman–Crippen LogP) is 3.13. The standard InChI is InChI=1S/C22H40O8/c1-3-4-5-6-7-8-9-10-11-12-13-14-27-21-20(30-28-16-17(2)24)19(18(25)15-23)29-22(21)26/h17-19,23-25H,3-16H2,1-2H3/t17?,18-,19+/m0/s1. The maximum atomic E-state index is 12.1. The lowest BCUT2D eigenvalue weighted by molar-refractivity contribution is -0.284. The molecule has 0 bridgehead atoms. The Kier molecular flexibility index (Phi) is 14.5. The molecule has 0 saturated carbocycles. The summed E-state index contributed by atoms with van der Waals surface area (Å²) in [6.45, 7) is 3.30. The molecule has 0 saturated heterocycles. The van der Waals surface area contributed by atoms with Gasteiger partial charge in [-0.25, -0.2) is 4.79 Å².